The van der Waals surface area contributed by atoms with Crippen molar-refractivity contribution in [3.8, 4) is 0 Å². The average Bonchev–Trinajstić information content (AvgIpc) is 2.69. The molecule has 0 saturated carbocycles. The Balaban J connectivity index is 2.14. The monoisotopic (exact) mass is 395 g/mol. The molecule has 0 aromatic heterocycles. The SMILES string of the molecule is O=[N+]([O-])c1cc(I)ccc1N1CCNCc2ccccc21. The van der Waals surface area contributed by atoms with Crippen LogP contribution in [0.2, 0.25) is 0 Å². The lowest BCUT2D eigenvalue weighted by molar-refractivity contribution is -0.384. The molecule has 2 aromatic carbocycles. The van der Waals surface area contributed by atoms with E-state index in [1.165, 1.54) is 0 Å². The van der Waals surface area contributed by atoms with Crippen LogP contribution >= 0.6 is 22.6 Å². The van der Waals surface area contributed by atoms with Crippen molar-refractivity contribution in [3.63, 3.8) is 0 Å². The molecule has 0 saturated heterocycles. The van der Waals surface area contributed by atoms with E-state index in [1.54, 1.807) is 6.07 Å². The lowest BCUT2D eigenvalue weighted by Gasteiger charge is -2.24. The Labute approximate surface area is 136 Å². The van der Waals surface area contributed by atoms with Gasteiger partial charge < -0.3 is 10.2 Å². The summed E-state index contributed by atoms with van der Waals surface area (Å²) in [6, 6.07) is 13.4. The second-order valence-corrected chi connectivity index (χ2v) is 6.09. The van der Waals surface area contributed by atoms with Crippen molar-refractivity contribution in [1.82, 2.24) is 5.32 Å². The zero-order chi connectivity index (χ0) is 14.8. The first-order valence-electron chi connectivity index (χ1n) is 6.67. The van der Waals surface area contributed by atoms with Gasteiger partial charge in [-0.3, -0.25) is 10.1 Å². The van der Waals surface area contributed by atoms with Gasteiger partial charge in [-0.2, -0.15) is 0 Å². The first kappa shape index (κ1) is 14.3. The van der Waals surface area contributed by atoms with Crippen LogP contribution in [0.5, 0.6) is 0 Å². The number of nitrogens with one attached hydrogen (secondary N) is 1. The van der Waals surface area contributed by atoms with Gasteiger partial charge in [-0.25, -0.2) is 0 Å². The van der Waals surface area contributed by atoms with Crippen molar-refractivity contribution >= 4 is 39.7 Å². The maximum Gasteiger partial charge on any atom is 0.293 e. The second kappa shape index (κ2) is 5.98. The standard InChI is InChI=1S/C15H14IN3O2/c16-12-5-6-14(15(9-12)19(20)21)18-8-7-17-10-11-3-1-2-4-13(11)18/h1-6,9,17H,7-8,10H2. The number of benzene rings is 2. The van der Waals surface area contributed by atoms with E-state index in [4.69, 9.17) is 0 Å². The van der Waals surface area contributed by atoms with Gasteiger partial charge in [0.1, 0.15) is 5.69 Å². The first-order chi connectivity index (χ1) is 10.2. The molecule has 0 spiro atoms. The summed E-state index contributed by atoms with van der Waals surface area (Å²) in [4.78, 5) is 13.1. The maximum atomic E-state index is 11.4. The van der Waals surface area contributed by atoms with Crippen LogP contribution in [0.1, 0.15) is 5.56 Å². The van der Waals surface area contributed by atoms with Crippen LogP contribution in [0.3, 0.4) is 0 Å². The summed E-state index contributed by atoms with van der Waals surface area (Å²) in [6.45, 7) is 2.28. The number of hydrogen-bond donors (Lipinski definition) is 1. The smallest absolute Gasteiger partial charge is 0.293 e. The molecule has 0 unspecified atom stereocenters. The molecule has 1 N–H and O–H groups in total. The highest BCUT2D eigenvalue weighted by molar-refractivity contribution is 14.1. The van der Waals surface area contributed by atoms with Gasteiger partial charge in [-0.05, 0) is 46.4 Å². The van der Waals surface area contributed by atoms with E-state index in [0.717, 1.165) is 27.9 Å². The molecule has 1 aliphatic heterocycles. The number of nitro benzene ring substituents is 1. The van der Waals surface area contributed by atoms with Crippen molar-refractivity contribution in [2.75, 3.05) is 18.0 Å². The van der Waals surface area contributed by atoms with Gasteiger partial charge >= 0.3 is 0 Å². The Hall–Kier alpha value is -1.67. The van der Waals surface area contributed by atoms with E-state index in [0.29, 0.717) is 12.2 Å². The van der Waals surface area contributed by atoms with Crippen LogP contribution in [0.15, 0.2) is 42.5 Å². The minimum absolute atomic E-state index is 0.151. The van der Waals surface area contributed by atoms with Crippen LogP contribution in [0.25, 0.3) is 0 Å². The fraction of sp³-hybridized carbons (Fsp3) is 0.200. The minimum atomic E-state index is -0.307. The second-order valence-electron chi connectivity index (χ2n) is 4.85. The highest BCUT2D eigenvalue weighted by Gasteiger charge is 2.23. The third-order valence-corrected chi connectivity index (χ3v) is 4.21. The third-order valence-electron chi connectivity index (χ3n) is 3.54. The number of halogens is 1. The third kappa shape index (κ3) is 2.86. The summed E-state index contributed by atoms with van der Waals surface area (Å²) in [5.74, 6) is 0. The van der Waals surface area contributed by atoms with Crippen LogP contribution in [-0.2, 0) is 6.54 Å². The fourth-order valence-corrected chi connectivity index (χ4v) is 3.05. The van der Waals surface area contributed by atoms with E-state index in [1.807, 2.05) is 35.2 Å². The average molecular weight is 395 g/mol. The lowest BCUT2D eigenvalue weighted by atomic mass is 10.1. The zero-order valence-corrected chi connectivity index (χ0v) is 13.4. The molecule has 1 heterocycles. The maximum absolute atomic E-state index is 11.4. The van der Waals surface area contributed by atoms with Gasteiger partial charge in [-0.15, -0.1) is 0 Å². The predicted octanol–water partition coefficient (Wildman–Crippen LogP) is 3.44. The Bertz CT molecular complexity index is 690. The van der Waals surface area contributed by atoms with Crippen LogP contribution < -0.4 is 10.2 Å². The Morgan fingerprint density at radius 2 is 2.00 bits per heavy atom. The minimum Gasteiger partial charge on any atom is -0.334 e. The molecule has 2 aromatic rings. The van der Waals surface area contributed by atoms with Gasteiger partial charge in [0.05, 0.1) is 4.92 Å². The zero-order valence-electron chi connectivity index (χ0n) is 11.3. The number of fused-ring (bicyclic) bond motifs is 1. The van der Waals surface area contributed by atoms with Gasteiger partial charge in [0.25, 0.3) is 5.69 Å². The van der Waals surface area contributed by atoms with Crippen molar-refractivity contribution < 1.29 is 4.92 Å². The van der Waals surface area contributed by atoms with Gasteiger partial charge in [0, 0.05) is 35.0 Å². The summed E-state index contributed by atoms with van der Waals surface area (Å²) in [5.41, 5.74) is 2.99. The van der Waals surface area contributed by atoms with E-state index in [9.17, 15) is 10.1 Å². The highest BCUT2D eigenvalue weighted by Crippen LogP contribution is 2.36. The van der Waals surface area contributed by atoms with E-state index in [-0.39, 0.29) is 10.6 Å². The molecule has 21 heavy (non-hydrogen) atoms. The summed E-state index contributed by atoms with van der Waals surface area (Å²) in [7, 11) is 0. The largest absolute Gasteiger partial charge is 0.334 e. The Morgan fingerprint density at radius 3 is 2.81 bits per heavy atom. The summed E-state index contributed by atoms with van der Waals surface area (Å²) in [6.07, 6.45) is 0. The molecule has 5 nitrogen and oxygen atoms in total. The summed E-state index contributed by atoms with van der Waals surface area (Å²) >= 11 is 2.10. The van der Waals surface area contributed by atoms with E-state index in [2.05, 4.69) is 34.0 Å². The van der Waals surface area contributed by atoms with Gasteiger partial charge in [-0.1, -0.05) is 18.2 Å². The molecule has 0 atom stereocenters. The molecule has 0 amide bonds. The lowest BCUT2D eigenvalue weighted by Crippen LogP contribution is -2.25. The van der Waals surface area contributed by atoms with Crippen molar-refractivity contribution in [1.29, 1.82) is 0 Å². The van der Waals surface area contributed by atoms with E-state index < -0.39 is 0 Å². The summed E-state index contributed by atoms with van der Waals surface area (Å²) in [5, 5.41) is 14.7. The van der Waals surface area contributed by atoms with Crippen LogP contribution in [0.4, 0.5) is 17.1 Å². The number of anilines is 2. The molecular formula is C15H14IN3O2. The first-order valence-corrected chi connectivity index (χ1v) is 7.75. The molecule has 0 aliphatic carbocycles. The quantitative estimate of drug-likeness (QED) is 0.481. The van der Waals surface area contributed by atoms with E-state index >= 15 is 0 Å². The van der Waals surface area contributed by atoms with Crippen LogP contribution in [-0.4, -0.2) is 18.0 Å². The number of para-hydroxylation sites is 1. The molecule has 0 bridgehead atoms. The van der Waals surface area contributed by atoms with Crippen molar-refractivity contribution in [2.24, 2.45) is 0 Å². The molecule has 3 rings (SSSR count). The molecule has 0 radical (unpaired) electrons. The Morgan fingerprint density at radius 1 is 1.19 bits per heavy atom. The number of nitro groups is 1. The molecule has 6 heteroatoms. The molecule has 108 valence electrons. The Kier molecular flexibility index (Phi) is 4.07. The van der Waals surface area contributed by atoms with Crippen LogP contribution in [0, 0.1) is 13.7 Å². The fourth-order valence-electron chi connectivity index (χ4n) is 2.58. The molecule has 0 fully saturated rings. The summed E-state index contributed by atoms with van der Waals surface area (Å²) < 4.78 is 0.865. The topological polar surface area (TPSA) is 58.4 Å². The molecule has 1 aliphatic rings. The number of rotatable bonds is 2. The van der Waals surface area contributed by atoms with Crippen molar-refractivity contribution in [2.45, 2.75) is 6.54 Å². The highest BCUT2D eigenvalue weighted by atomic mass is 127. The number of nitrogens with zero attached hydrogens (tertiary/aromatic N) is 2. The normalized spacial score (nSPS) is 14.4. The number of hydrogen-bond acceptors (Lipinski definition) is 4. The van der Waals surface area contributed by atoms with Crippen molar-refractivity contribution in [3.05, 3.63) is 61.7 Å². The van der Waals surface area contributed by atoms with Gasteiger partial charge in [0.15, 0.2) is 0 Å². The molecular weight excluding hydrogens is 381 g/mol. The van der Waals surface area contributed by atoms with Gasteiger partial charge in [0.2, 0.25) is 0 Å². The predicted molar refractivity (Wildman–Crippen MR) is 91.0 cm³/mol.